The summed E-state index contributed by atoms with van der Waals surface area (Å²) in [7, 11) is 0. The average Bonchev–Trinajstić information content (AvgIpc) is 2.28. The zero-order valence-corrected chi connectivity index (χ0v) is 12.5. The molecule has 2 aromatic carbocycles. The molecule has 0 aliphatic carbocycles. The molecule has 0 fully saturated rings. The maximum atomic E-state index is 13.0. The van der Waals surface area contributed by atoms with Crippen molar-refractivity contribution in [1.82, 2.24) is 0 Å². The molecule has 94 valence electrons. The van der Waals surface area contributed by atoms with Crippen LogP contribution in [-0.2, 0) is 0 Å². The summed E-state index contributed by atoms with van der Waals surface area (Å²) in [5, 5.41) is 0.442. The number of aryl methyl sites for hydroxylation is 2. The molecule has 1 atom stereocenters. The van der Waals surface area contributed by atoms with E-state index >= 15 is 0 Å². The van der Waals surface area contributed by atoms with Crippen LogP contribution in [0.15, 0.2) is 36.4 Å². The molecule has 2 rings (SSSR count). The van der Waals surface area contributed by atoms with Crippen molar-refractivity contribution in [3.8, 4) is 0 Å². The Morgan fingerprint density at radius 2 is 1.72 bits per heavy atom. The quantitative estimate of drug-likeness (QED) is 0.632. The van der Waals surface area contributed by atoms with Crippen molar-refractivity contribution in [2.24, 2.45) is 0 Å². The van der Waals surface area contributed by atoms with Gasteiger partial charge in [0.15, 0.2) is 0 Å². The van der Waals surface area contributed by atoms with Crippen LogP contribution in [0, 0.1) is 19.7 Å². The highest BCUT2D eigenvalue weighted by atomic mass is 79.9. The summed E-state index contributed by atoms with van der Waals surface area (Å²) in [6, 6.07) is 10.8. The fraction of sp³-hybridized carbons (Fsp3) is 0.200. The first-order chi connectivity index (χ1) is 8.49. The predicted octanol–water partition coefficient (Wildman–Crippen LogP) is 5.58. The molecule has 0 saturated heterocycles. The maximum Gasteiger partial charge on any atom is 0.124 e. The van der Waals surface area contributed by atoms with E-state index in [4.69, 9.17) is 11.6 Å². The largest absolute Gasteiger partial charge is 0.207 e. The number of alkyl halides is 1. The van der Waals surface area contributed by atoms with Gasteiger partial charge in [0.2, 0.25) is 0 Å². The Labute approximate surface area is 120 Å². The Morgan fingerprint density at radius 3 is 2.33 bits per heavy atom. The van der Waals surface area contributed by atoms with Crippen molar-refractivity contribution in [3.05, 3.63) is 69.5 Å². The van der Waals surface area contributed by atoms with E-state index in [1.807, 2.05) is 0 Å². The molecular formula is C15H13BrClF. The van der Waals surface area contributed by atoms with Crippen molar-refractivity contribution in [2.45, 2.75) is 18.7 Å². The SMILES string of the molecule is Cc1ccc(C(Br)c2ccc(F)cc2Cl)c(C)c1. The number of hydrogen-bond acceptors (Lipinski definition) is 0. The molecule has 0 aliphatic heterocycles. The Balaban J connectivity index is 2.44. The molecule has 2 aromatic rings. The van der Waals surface area contributed by atoms with Crippen LogP contribution in [0.1, 0.15) is 27.1 Å². The lowest BCUT2D eigenvalue weighted by atomic mass is 9.99. The van der Waals surface area contributed by atoms with Gasteiger partial charge in [-0.15, -0.1) is 0 Å². The van der Waals surface area contributed by atoms with Gasteiger partial charge in [0.1, 0.15) is 5.82 Å². The summed E-state index contributed by atoms with van der Waals surface area (Å²) in [4.78, 5) is -0.0220. The minimum atomic E-state index is -0.316. The third kappa shape index (κ3) is 2.76. The summed E-state index contributed by atoms with van der Waals surface area (Å²) >= 11 is 9.73. The third-order valence-corrected chi connectivity index (χ3v) is 4.25. The molecule has 0 radical (unpaired) electrons. The van der Waals surface area contributed by atoms with Crippen LogP contribution in [0.5, 0.6) is 0 Å². The summed E-state index contributed by atoms with van der Waals surface area (Å²) in [6.45, 7) is 4.12. The molecule has 18 heavy (non-hydrogen) atoms. The molecule has 1 unspecified atom stereocenters. The first-order valence-corrected chi connectivity index (χ1v) is 6.94. The summed E-state index contributed by atoms with van der Waals surface area (Å²) in [5.74, 6) is -0.316. The molecule has 0 N–H and O–H groups in total. The van der Waals surface area contributed by atoms with E-state index in [0.717, 1.165) is 11.1 Å². The van der Waals surface area contributed by atoms with Gasteiger partial charge in [0.25, 0.3) is 0 Å². The predicted molar refractivity (Wildman–Crippen MR) is 78.1 cm³/mol. The lowest BCUT2D eigenvalue weighted by Gasteiger charge is -2.15. The Hall–Kier alpha value is -0.860. The topological polar surface area (TPSA) is 0 Å². The molecule has 0 heterocycles. The Morgan fingerprint density at radius 1 is 1.06 bits per heavy atom. The van der Waals surface area contributed by atoms with Crippen LogP contribution in [0.4, 0.5) is 4.39 Å². The highest BCUT2D eigenvalue weighted by Gasteiger charge is 2.16. The summed E-state index contributed by atoms with van der Waals surface area (Å²) in [5.41, 5.74) is 4.44. The van der Waals surface area contributed by atoms with Crippen LogP contribution in [0.3, 0.4) is 0 Å². The van der Waals surface area contributed by atoms with Crippen molar-refractivity contribution in [2.75, 3.05) is 0 Å². The maximum absolute atomic E-state index is 13.0. The van der Waals surface area contributed by atoms with Gasteiger partial charge in [-0.1, -0.05) is 57.4 Å². The molecule has 3 heteroatoms. The van der Waals surface area contributed by atoms with E-state index in [1.165, 1.54) is 23.3 Å². The first-order valence-electron chi connectivity index (χ1n) is 5.65. The Bertz CT molecular complexity index is 529. The number of hydrogen-bond donors (Lipinski definition) is 0. The standard InChI is InChI=1S/C15H13BrClF/c1-9-3-5-12(10(2)7-9)15(16)13-6-4-11(18)8-14(13)17/h3-8,15H,1-2H3. The molecule has 0 saturated carbocycles. The molecule has 0 amide bonds. The summed E-state index contributed by atoms with van der Waals surface area (Å²) in [6.07, 6.45) is 0. The van der Waals surface area contributed by atoms with Gasteiger partial charge in [-0.3, -0.25) is 0 Å². The second-order valence-corrected chi connectivity index (χ2v) is 5.71. The lowest BCUT2D eigenvalue weighted by molar-refractivity contribution is 0.627. The van der Waals surface area contributed by atoms with Crippen molar-refractivity contribution in [3.63, 3.8) is 0 Å². The highest BCUT2D eigenvalue weighted by Crippen LogP contribution is 2.37. The van der Waals surface area contributed by atoms with Crippen LogP contribution < -0.4 is 0 Å². The van der Waals surface area contributed by atoms with E-state index in [2.05, 4.69) is 48.0 Å². The van der Waals surface area contributed by atoms with E-state index < -0.39 is 0 Å². The zero-order valence-electron chi connectivity index (χ0n) is 10.2. The van der Waals surface area contributed by atoms with Gasteiger partial charge in [0, 0.05) is 5.02 Å². The molecular weight excluding hydrogens is 315 g/mol. The van der Waals surface area contributed by atoms with E-state index in [1.54, 1.807) is 6.07 Å². The number of benzene rings is 2. The smallest absolute Gasteiger partial charge is 0.124 e. The van der Waals surface area contributed by atoms with Crippen LogP contribution >= 0.6 is 27.5 Å². The van der Waals surface area contributed by atoms with Gasteiger partial charge >= 0.3 is 0 Å². The minimum absolute atomic E-state index is 0.0220. The van der Waals surface area contributed by atoms with E-state index in [0.29, 0.717) is 5.02 Å². The average molecular weight is 328 g/mol. The Kier molecular flexibility index (Phi) is 4.08. The van der Waals surface area contributed by atoms with Crippen molar-refractivity contribution < 1.29 is 4.39 Å². The normalized spacial score (nSPS) is 12.5. The van der Waals surface area contributed by atoms with Crippen molar-refractivity contribution >= 4 is 27.5 Å². The fourth-order valence-electron chi connectivity index (χ4n) is 1.98. The number of rotatable bonds is 2. The summed E-state index contributed by atoms with van der Waals surface area (Å²) < 4.78 is 13.0. The van der Waals surface area contributed by atoms with Gasteiger partial charge in [-0.25, -0.2) is 4.39 Å². The van der Waals surface area contributed by atoms with Gasteiger partial charge in [0.05, 0.1) is 4.83 Å². The minimum Gasteiger partial charge on any atom is -0.207 e. The lowest BCUT2D eigenvalue weighted by Crippen LogP contribution is -1.97. The number of halogens is 3. The zero-order chi connectivity index (χ0) is 13.3. The van der Waals surface area contributed by atoms with Gasteiger partial charge in [-0.2, -0.15) is 0 Å². The van der Waals surface area contributed by atoms with Crippen LogP contribution in [0.25, 0.3) is 0 Å². The molecule has 0 aliphatic rings. The van der Waals surface area contributed by atoms with Crippen LogP contribution in [-0.4, -0.2) is 0 Å². The molecule has 0 spiro atoms. The molecule has 0 nitrogen and oxygen atoms in total. The van der Waals surface area contributed by atoms with Gasteiger partial charge in [-0.05, 0) is 42.7 Å². The van der Waals surface area contributed by atoms with E-state index in [9.17, 15) is 4.39 Å². The van der Waals surface area contributed by atoms with Gasteiger partial charge < -0.3 is 0 Å². The van der Waals surface area contributed by atoms with E-state index in [-0.39, 0.29) is 10.6 Å². The van der Waals surface area contributed by atoms with Crippen LogP contribution in [0.2, 0.25) is 5.02 Å². The second kappa shape index (κ2) is 5.41. The molecule has 0 bridgehead atoms. The van der Waals surface area contributed by atoms with Crippen molar-refractivity contribution in [1.29, 1.82) is 0 Å². The third-order valence-electron chi connectivity index (χ3n) is 2.93. The highest BCUT2D eigenvalue weighted by molar-refractivity contribution is 9.09. The second-order valence-electron chi connectivity index (χ2n) is 4.39. The first kappa shape index (κ1) is 13.6. The molecule has 0 aromatic heterocycles. The monoisotopic (exact) mass is 326 g/mol. The fourth-order valence-corrected chi connectivity index (χ4v) is 3.31.